The lowest BCUT2D eigenvalue weighted by atomic mass is 9.77. The molecule has 1 aromatic heterocycles. The maximum Gasteiger partial charge on any atom is 0.417 e. The third kappa shape index (κ3) is 3.72. The Balaban J connectivity index is 1.51. The predicted molar refractivity (Wildman–Crippen MR) is 126 cm³/mol. The van der Waals surface area contributed by atoms with E-state index in [2.05, 4.69) is 4.90 Å². The van der Waals surface area contributed by atoms with Gasteiger partial charge in [0, 0.05) is 13.1 Å². The van der Waals surface area contributed by atoms with Crippen molar-refractivity contribution in [3.63, 3.8) is 0 Å². The minimum atomic E-state index is -4.76. The molecular formula is C27H26F3N3O3. The summed E-state index contributed by atoms with van der Waals surface area (Å²) >= 11 is 0. The fourth-order valence-electron chi connectivity index (χ4n) is 5.70. The van der Waals surface area contributed by atoms with Gasteiger partial charge in [0.1, 0.15) is 5.60 Å². The van der Waals surface area contributed by atoms with Gasteiger partial charge in [0.2, 0.25) is 11.8 Å². The van der Waals surface area contributed by atoms with Gasteiger partial charge in [0.25, 0.3) is 0 Å². The van der Waals surface area contributed by atoms with Crippen molar-refractivity contribution in [2.24, 2.45) is 0 Å². The average Bonchev–Trinajstić information content (AvgIpc) is 3.42. The number of halogens is 3. The third-order valence-electron chi connectivity index (χ3n) is 7.41. The molecule has 0 radical (unpaired) electrons. The molecule has 0 unspecified atom stereocenters. The van der Waals surface area contributed by atoms with Crippen LogP contribution in [0.15, 0.2) is 48.5 Å². The summed E-state index contributed by atoms with van der Waals surface area (Å²) in [5, 5.41) is 31.5. The number of hydrogen-bond donors (Lipinski definition) is 2. The minimum absolute atomic E-state index is 0.0786. The van der Waals surface area contributed by atoms with E-state index in [-0.39, 0.29) is 17.4 Å². The Labute approximate surface area is 206 Å². The van der Waals surface area contributed by atoms with Gasteiger partial charge in [-0.2, -0.15) is 18.4 Å². The highest BCUT2D eigenvalue weighted by atomic mass is 19.4. The largest absolute Gasteiger partial charge is 0.494 e. The Hall–Kier alpha value is -3.48. The van der Waals surface area contributed by atoms with Crippen LogP contribution in [0.5, 0.6) is 11.8 Å². The van der Waals surface area contributed by atoms with Crippen molar-refractivity contribution >= 4 is 0 Å². The lowest BCUT2D eigenvalue weighted by Crippen LogP contribution is -2.30. The molecule has 1 fully saturated rings. The first-order valence-electron chi connectivity index (χ1n) is 11.7. The zero-order valence-corrected chi connectivity index (χ0v) is 19.9. The van der Waals surface area contributed by atoms with Gasteiger partial charge in [0.05, 0.1) is 39.6 Å². The Morgan fingerprint density at radius 2 is 1.78 bits per heavy atom. The first kappa shape index (κ1) is 24.2. The summed E-state index contributed by atoms with van der Waals surface area (Å²) in [7, 11) is 1.99. The van der Waals surface area contributed by atoms with E-state index in [1.165, 1.54) is 6.07 Å². The first-order chi connectivity index (χ1) is 17.0. The summed E-state index contributed by atoms with van der Waals surface area (Å²) in [5.41, 5.74) is -1.45. The highest BCUT2D eigenvalue weighted by Gasteiger charge is 2.61. The molecule has 36 heavy (non-hydrogen) atoms. The van der Waals surface area contributed by atoms with Crippen molar-refractivity contribution in [2.45, 2.75) is 50.1 Å². The van der Waals surface area contributed by atoms with Crippen LogP contribution < -0.4 is 0 Å². The van der Waals surface area contributed by atoms with Crippen LogP contribution >= 0.6 is 0 Å². The summed E-state index contributed by atoms with van der Waals surface area (Å²) in [5.74, 6) is -0.684. The second kappa shape index (κ2) is 8.29. The van der Waals surface area contributed by atoms with Gasteiger partial charge in [-0.25, -0.2) is 0 Å². The summed E-state index contributed by atoms with van der Waals surface area (Å²) in [6.07, 6.45) is -2.99. The quantitative estimate of drug-likeness (QED) is 0.468. The lowest BCUT2D eigenvalue weighted by Gasteiger charge is -2.29. The molecule has 2 atom stereocenters. The van der Waals surface area contributed by atoms with E-state index in [4.69, 9.17) is 10.00 Å². The monoisotopic (exact) mass is 497 g/mol. The highest BCUT2D eigenvalue weighted by Crippen LogP contribution is 2.65. The standard InChI is InChI=1S/C27H26F3N3O3/c1-25-10-11-26(36-25,12-13-32(2)16-17-6-4-3-5-7-17)22-21(25)23(34)33(24(22)35)19-9-8-18(15-31)20(14-19)27(28,29)30/h3-9,14,34-35H,10-13,16H2,1-2H3/t25-,26-/m0/s1. The van der Waals surface area contributed by atoms with Crippen LogP contribution in [-0.4, -0.2) is 33.3 Å². The molecule has 2 aliphatic heterocycles. The SMILES string of the molecule is CN(CC[C@]12CC[C@](C)(O1)c1c2c(O)n(-c2ccc(C#N)c(C(F)(F)F)c2)c1O)Cc1ccccc1. The number of fused-ring (bicyclic) bond motifs is 5. The first-order valence-corrected chi connectivity index (χ1v) is 11.7. The molecule has 6 nitrogen and oxygen atoms in total. The van der Waals surface area contributed by atoms with E-state index in [1.54, 1.807) is 6.07 Å². The van der Waals surface area contributed by atoms with Crippen LogP contribution in [0.4, 0.5) is 13.2 Å². The molecular weight excluding hydrogens is 471 g/mol. The molecule has 0 aliphatic carbocycles. The van der Waals surface area contributed by atoms with E-state index in [9.17, 15) is 23.4 Å². The Morgan fingerprint density at radius 1 is 1.08 bits per heavy atom. The minimum Gasteiger partial charge on any atom is -0.494 e. The molecule has 0 amide bonds. The second-order valence-electron chi connectivity index (χ2n) is 9.87. The summed E-state index contributed by atoms with van der Waals surface area (Å²) in [6, 6.07) is 14.7. The summed E-state index contributed by atoms with van der Waals surface area (Å²) in [6.45, 7) is 3.20. The van der Waals surface area contributed by atoms with E-state index in [0.29, 0.717) is 36.9 Å². The number of alkyl halides is 3. The van der Waals surface area contributed by atoms with E-state index in [0.717, 1.165) is 28.8 Å². The summed E-state index contributed by atoms with van der Waals surface area (Å²) < 4.78 is 48.2. The predicted octanol–water partition coefficient (Wildman–Crippen LogP) is 5.54. The molecule has 188 valence electrons. The van der Waals surface area contributed by atoms with Crippen LogP contribution in [0.3, 0.4) is 0 Å². The van der Waals surface area contributed by atoms with E-state index >= 15 is 0 Å². The van der Waals surface area contributed by atoms with Gasteiger partial charge >= 0.3 is 6.18 Å². The second-order valence-corrected chi connectivity index (χ2v) is 9.87. The van der Waals surface area contributed by atoms with Gasteiger partial charge < -0.3 is 19.8 Å². The van der Waals surface area contributed by atoms with Crippen molar-refractivity contribution in [1.29, 1.82) is 5.26 Å². The van der Waals surface area contributed by atoms with E-state index < -0.39 is 28.5 Å². The van der Waals surface area contributed by atoms with Gasteiger partial charge in [0.15, 0.2) is 0 Å². The Kier molecular flexibility index (Phi) is 5.58. The Bertz CT molecular complexity index is 1360. The fourth-order valence-corrected chi connectivity index (χ4v) is 5.70. The topological polar surface area (TPSA) is 81.7 Å². The summed E-state index contributed by atoms with van der Waals surface area (Å²) in [4.78, 5) is 2.14. The molecule has 3 aromatic rings. The van der Waals surface area contributed by atoms with Crippen LogP contribution in [-0.2, 0) is 28.7 Å². The molecule has 0 saturated carbocycles. The molecule has 5 rings (SSSR count). The smallest absolute Gasteiger partial charge is 0.417 e. The fraction of sp³-hybridized carbons (Fsp3) is 0.370. The number of hydrogen-bond acceptors (Lipinski definition) is 5. The van der Waals surface area contributed by atoms with Gasteiger partial charge in [-0.15, -0.1) is 0 Å². The molecule has 0 spiro atoms. The van der Waals surface area contributed by atoms with Crippen LogP contribution in [0.1, 0.15) is 54.0 Å². The molecule has 3 heterocycles. The number of benzene rings is 2. The molecule has 2 aromatic carbocycles. The molecule has 9 heteroatoms. The van der Waals surface area contributed by atoms with E-state index in [1.807, 2.05) is 44.3 Å². The van der Waals surface area contributed by atoms with Gasteiger partial charge in [-0.1, -0.05) is 30.3 Å². The maximum atomic E-state index is 13.6. The zero-order chi connectivity index (χ0) is 25.9. The number of ether oxygens (including phenoxy) is 1. The van der Waals surface area contributed by atoms with Crippen molar-refractivity contribution < 1.29 is 28.1 Å². The average molecular weight is 498 g/mol. The molecule has 2 N–H and O–H groups in total. The number of aromatic nitrogens is 1. The maximum absolute atomic E-state index is 13.6. The van der Waals surface area contributed by atoms with Crippen molar-refractivity contribution in [1.82, 2.24) is 9.47 Å². The van der Waals surface area contributed by atoms with Crippen molar-refractivity contribution in [2.75, 3.05) is 13.6 Å². The number of rotatable bonds is 6. The molecule has 2 bridgehead atoms. The van der Waals surface area contributed by atoms with Crippen LogP contribution in [0.25, 0.3) is 5.69 Å². The van der Waals surface area contributed by atoms with Gasteiger partial charge in [-0.3, -0.25) is 4.57 Å². The highest BCUT2D eigenvalue weighted by molar-refractivity contribution is 5.62. The Morgan fingerprint density at radius 3 is 2.44 bits per heavy atom. The number of aromatic hydroxyl groups is 2. The van der Waals surface area contributed by atoms with Crippen LogP contribution in [0.2, 0.25) is 0 Å². The van der Waals surface area contributed by atoms with Crippen molar-refractivity contribution in [3.8, 4) is 23.5 Å². The molecule has 2 aliphatic rings. The van der Waals surface area contributed by atoms with Gasteiger partial charge in [-0.05, 0) is 57.0 Å². The van der Waals surface area contributed by atoms with Crippen LogP contribution in [0, 0.1) is 11.3 Å². The zero-order valence-electron chi connectivity index (χ0n) is 19.9. The van der Waals surface area contributed by atoms with Crippen molar-refractivity contribution in [3.05, 3.63) is 76.3 Å². The third-order valence-corrected chi connectivity index (χ3v) is 7.41. The number of nitrogens with zero attached hydrogens (tertiary/aromatic N) is 3. The lowest BCUT2D eigenvalue weighted by molar-refractivity contribution is -0.137. The number of nitriles is 1. The molecule has 1 saturated heterocycles. The normalized spacial score (nSPS) is 22.7.